The molecule has 0 aromatic heterocycles. The normalized spacial score (nSPS) is 45.0. The molecule has 1 heteroatoms. The van der Waals surface area contributed by atoms with Crippen LogP contribution in [0.1, 0.15) is 26.7 Å². The summed E-state index contributed by atoms with van der Waals surface area (Å²) in [5.41, 5.74) is 0. The molecule has 1 saturated carbocycles. The van der Waals surface area contributed by atoms with Gasteiger partial charge in [-0.1, -0.05) is 13.8 Å². The Hall–Kier alpha value is -0.0400. The Morgan fingerprint density at radius 2 is 1.67 bits per heavy atom. The van der Waals surface area contributed by atoms with Crippen LogP contribution in [0.4, 0.5) is 0 Å². The second-order valence-corrected chi connectivity index (χ2v) is 3.27. The van der Waals surface area contributed by atoms with E-state index < -0.39 is 0 Å². The molecule has 9 heavy (non-hydrogen) atoms. The minimum absolute atomic E-state index is 0.0417. The smallest absolute Gasteiger partial charge is 0.0545 e. The summed E-state index contributed by atoms with van der Waals surface area (Å²) in [6, 6.07) is 0. The van der Waals surface area contributed by atoms with Gasteiger partial charge in [0, 0.05) is 0 Å². The van der Waals surface area contributed by atoms with Crippen molar-refractivity contribution in [2.75, 3.05) is 0 Å². The largest absolute Gasteiger partial charge is 0.393 e. The van der Waals surface area contributed by atoms with Crippen LogP contribution in [-0.2, 0) is 0 Å². The fourth-order valence-corrected chi connectivity index (χ4v) is 1.67. The van der Waals surface area contributed by atoms with Gasteiger partial charge in [-0.05, 0) is 31.1 Å². The Bertz CT molecular complexity index is 65.5. The summed E-state index contributed by atoms with van der Waals surface area (Å²) in [7, 11) is 0. The van der Waals surface area contributed by atoms with Gasteiger partial charge in [0.05, 0.1) is 6.10 Å². The lowest BCUT2D eigenvalue weighted by Gasteiger charge is -2.27. The highest BCUT2D eigenvalue weighted by Crippen LogP contribution is 2.26. The molecule has 1 N–H and O–H groups in total. The summed E-state index contributed by atoms with van der Waals surface area (Å²) in [5.74, 6) is 1.23. The van der Waals surface area contributed by atoms with Gasteiger partial charge in [-0.3, -0.25) is 0 Å². The lowest BCUT2D eigenvalue weighted by atomic mass is 9.82. The highest BCUT2D eigenvalue weighted by atomic mass is 16.3. The van der Waals surface area contributed by atoms with Crippen molar-refractivity contribution >= 4 is 0 Å². The average Bonchev–Trinajstić information content (AvgIpc) is 1.59. The van der Waals surface area contributed by atoms with Crippen molar-refractivity contribution in [1.29, 1.82) is 0 Å². The van der Waals surface area contributed by atoms with Gasteiger partial charge in [0.15, 0.2) is 0 Å². The second kappa shape index (κ2) is 2.70. The van der Waals surface area contributed by atoms with Crippen molar-refractivity contribution in [2.45, 2.75) is 32.8 Å². The first kappa shape index (κ1) is 7.07. The molecular formula is C8H15O. The molecule has 0 aromatic rings. The molecule has 0 heterocycles. The first-order chi connectivity index (χ1) is 4.18. The zero-order valence-corrected chi connectivity index (χ0v) is 6.17. The lowest BCUT2D eigenvalue weighted by molar-refractivity contribution is 0.105. The van der Waals surface area contributed by atoms with E-state index in [1.807, 2.05) is 0 Å². The summed E-state index contributed by atoms with van der Waals surface area (Å²) in [4.78, 5) is 0. The molecule has 0 aromatic carbocycles. The molecule has 1 aliphatic carbocycles. The third kappa shape index (κ3) is 1.98. The maximum Gasteiger partial charge on any atom is 0.0545 e. The summed E-state index contributed by atoms with van der Waals surface area (Å²) >= 11 is 0. The van der Waals surface area contributed by atoms with Crippen molar-refractivity contribution in [3.63, 3.8) is 0 Å². The molecule has 1 aliphatic rings. The summed E-state index contributed by atoms with van der Waals surface area (Å²) < 4.78 is 0. The molecular weight excluding hydrogens is 112 g/mol. The van der Waals surface area contributed by atoms with Gasteiger partial charge >= 0.3 is 0 Å². The molecule has 1 nitrogen and oxygen atoms in total. The highest BCUT2D eigenvalue weighted by Gasteiger charge is 2.21. The first-order valence-electron chi connectivity index (χ1n) is 3.71. The zero-order valence-electron chi connectivity index (χ0n) is 6.17. The van der Waals surface area contributed by atoms with Gasteiger partial charge in [-0.2, -0.15) is 0 Å². The number of aliphatic hydroxyl groups is 1. The van der Waals surface area contributed by atoms with Crippen molar-refractivity contribution in [3.05, 3.63) is 6.42 Å². The second-order valence-electron chi connectivity index (χ2n) is 3.27. The summed E-state index contributed by atoms with van der Waals surface area (Å²) in [5, 5.41) is 9.23. The third-order valence-electron chi connectivity index (χ3n) is 1.94. The number of hydrogen-bond acceptors (Lipinski definition) is 1. The summed E-state index contributed by atoms with van der Waals surface area (Å²) in [6.07, 6.45) is 4.21. The van der Waals surface area contributed by atoms with E-state index in [4.69, 9.17) is 0 Å². The lowest BCUT2D eigenvalue weighted by Crippen LogP contribution is -2.23. The minimum Gasteiger partial charge on any atom is -0.393 e. The SMILES string of the molecule is CC1[CH]C(C)CC(O)C1. The molecule has 53 valence electrons. The molecule has 0 saturated heterocycles. The molecule has 0 bridgehead atoms. The Balaban J connectivity index is 2.34. The van der Waals surface area contributed by atoms with Crippen LogP contribution in [-0.4, -0.2) is 11.2 Å². The average molecular weight is 127 g/mol. The predicted molar refractivity (Wildman–Crippen MR) is 37.9 cm³/mol. The number of rotatable bonds is 0. The highest BCUT2D eigenvalue weighted by molar-refractivity contribution is 4.87. The maximum atomic E-state index is 9.23. The van der Waals surface area contributed by atoms with Gasteiger partial charge in [-0.25, -0.2) is 0 Å². The first-order valence-corrected chi connectivity index (χ1v) is 3.71. The van der Waals surface area contributed by atoms with Crippen LogP contribution in [0, 0.1) is 18.3 Å². The molecule has 0 spiro atoms. The third-order valence-corrected chi connectivity index (χ3v) is 1.94. The van der Waals surface area contributed by atoms with E-state index in [1.54, 1.807) is 0 Å². The van der Waals surface area contributed by atoms with Crippen molar-refractivity contribution in [1.82, 2.24) is 0 Å². The van der Waals surface area contributed by atoms with Crippen LogP contribution >= 0.6 is 0 Å². The molecule has 1 rings (SSSR count). The minimum atomic E-state index is -0.0417. The molecule has 0 aliphatic heterocycles. The number of aliphatic hydroxyl groups excluding tert-OH is 1. The van der Waals surface area contributed by atoms with Crippen molar-refractivity contribution in [3.8, 4) is 0 Å². The number of hydrogen-bond donors (Lipinski definition) is 1. The predicted octanol–water partition coefficient (Wildman–Crippen LogP) is 1.62. The molecule has 2 atom stereocenters. The van der Waals surface area contributed by atoms with Crippen LogP contribution < -0.4 is 0 Å². The summed E-state index contributed by atoms with van der Waals surface area (Å²) in [6.45, 7) is 4.33. The van der Waals surface area contributed by atoms with Crippen LogP contribution in [0.5, 0.6) is 0 Å². The Labute approximate surface area is 57.1 Å². The van der Waals surface area contributed by atoms with E-state index in [2.05, 4.69) is 20.3 Å². The van der Waals surface area contributed by atoms with Gasteiger partial charge < -0.3 is 5.11 Å². The van der Waals surface area contributed by atoms with Gasteiger partial charge in [0.2, 0.25) is 0 Å². The Kier molecular flexibility index (Phi) is 2.12. The van der Waals surface area contributed by atoms with E-state index in [-0.39, 0.29) is 6.10 Å². The standard InChI is InChI=1S/C8H15O/c1-6-3-7(2)5-8(9)4-6/h3,6-9H,4-5H2,1-2H3. The van der Waals surface area contributed by atoms with Crippen LogP contribution in [0.3, 0.4) is 0 Å². The van der Waals surface area contributed by atoms with Crippen LogP contribution in [0.25, 0.3) is 0 Å². The molecule has 0 amide bonds. The van der Waals surface area contributed by atoms with Gasteiger partial charge in [0.25, 0.3) is 0 Å². The van der Waals surface area contributed by atoms with E-state index >= 15 is 0 Å². The Morgan fingerprint density at radius 3 is 2.00 bits per heavy atom. The zero-order chi connectivity index (χ0) is 6.85. The molecule has 2 unspecified atom stereocenters. The van der Waals surface area contributed by atoms with Gasteiger partial charge in [0.1, 0.15) is 0 Å². The Morgan fingerprint density at radius 1 is 1.22 bits per heavy atom. The van der Waals surface area contributed by atoms with E-state index in [9.17, 15) is 5.11 Å². The van der Waals surface area contributed by atoms with E-state index in [0.29, 0.717) is 11.8 Å². The monoisotopic (exact) mass is 127 g/mol. The molecule has 1 fully saturated rings. The van der Waals surface area contributed by atoms with Crippen LogP contribution in [0.15, 0.2) is 0 Å². The fourth-order valence-electron chi connectivity index (χ4n) is 1.67. The van der Waals surface area contributed by atoms with Crippen molar-refractivity contribution in [2.24, 2.45) is 11.8 Å². The maximum absolute atomic E-state index is 9.23. The topological polar surface area (TPSA) is 20.2 Å². The fraction of sp³-hybridized carbons (Fsp3) is 0.875. The van der Waals surface area contributed by atoms with Crippen molar-refractivity contribution < 1.29 is 5.11 Å². The van der Waals surface area contributed by atoms with E-state index in [0.717, 1.165) is 12.8 Å². The van der Waals surface area contributed by atoms with Gasteiger partial charge in [-0.15, -0.1) is 0 Å². The molecule has 1 radical (unpaired) electrons. The van der Waals surface area contributed by atoms with E-state index in [1.165, 1.54) is 0 Å². The van der Waals surface area contributed by atoms with Crippen LogP contribution in [0.2, 0.25) is 0 Å². The quantitative estimate of drug-likeness (QED) is 0.524.